The number of likely N-dealkylation sites (tertiary alicyclic amines) is 1. The van der Waals surface area contributed by atoms with Crippen LogP contribution in [0.2, 0.25) is 0 Å². The van der Waals surface area contributed by atoms with Crippen LogP contribution >= 0.6 is 11.3 Å². The van der Waals surface area contributed by atoms with Crippen LogP contribution in [0.4, 0.5) is 4.39 Å². The molecule has 0 aliphatic carbocycles. The van der Waals surface area contributed by atoms with Crippen LogP contribution in [0, 0.1) is 5.82 Å². The number of rotatable bonds is 4. The molecule has 6 heteroatoms. The minimum atomic E-state index is -0.255. The van der Waals surface area contributed by atoms with Crippen molar-refractivity contribution in [1.29, 1.82) is 0 Å². The van der Waals surface area contributed by atoms with Crippen molar-refractivity contribution >= 4 is 17.2 Å². The van der Waals surface area contributed by atoms with Crippen LogP contribution in [0.5, 0.6) is 0 Å². The average Bonchev–Trinajstić information content (AvgIpc) is 3.33. The van der Waals surface area contributed by atoms with Gasteiger partial charge in [0.25, 0.3) is 0 Å². The zero-order chi connectivity index (χ0) is 17.9. The fraction of sp³-hybridized carbons (Fsp3) is 0.250. The first kappa shape index (κ1) is 16.8. The molecule has 3 aromatic rings. The number of nitrogens with zero attached hydrogens (tertiary/aromatic N) is 3. The third kappa shape index (κ3) is 3.51. The summed E-state index contributed by atoms with van der Waals surface area (Å²) in [6.07, 6.45) is 5.66. The Morgan fingerprint density at radius 3 is 2.88 bits per heavy atom. The van der Waals surface area contributed by atoms with Gasteiger partial charge in [-0.25, -0.2) is 9.37 Å². The van der Waals surface area contributed by atoms with Crippen molar-refractivity contribution in [1.82, 2.24) is 14.9 Å². The molecule has 0 bridgehead atoms. The van der Waals surface area contributed by atoms with E-state index in [9.17, 15) is 9.18 Å². The maximum Gasteiger partial charge on any atom is 0.229 e. The predicted molar refractivity (Wildman–Crippen MR) is 99.1 cm³/mol. The Kier molecular flexibility index (Phi) is 4.75. The molecule has 1 fully saturated rings. The van der Waals surface area contributed by atoms with E-state index in [-0.39, 0.29) is 24.2 Å². The second kappa shape index (κ2) is 7.33. The third-order valence-electron chi connectivity index (χ3n) is 4.62. The van der Waals surface area contributed by atoms with E-state index in [1.807, 2.05) is 22.4 Å². The number of amides is 1. The van der Waals surface area contributed by atoms with E-state index >= 15 is 0 Å². The van der Waals surface area contributed by atoms with E-state index in [0.29, 0.717) is 0 Å². The van der Waals surface area contributed by atoms with E-state index in [2.05, 4.69) is 9.97 Å². The Hall–Kier alpha value is -2.60. The standard InChI is InChI=1S/C20H18FN3OS/c21-16-7-5-14(6-8-16)18-4-2-10-24(18)19(25)11-17-13-26-20(23-17)15-3-1-9-22-12-15/h1,3,5-9,12-13,18H,2,4,10-11H2. The van der Waals surface area contributed by atoms with Crippen molar-refractivity contribution in [3.8, 4) is 10.6 Å². The number of hydrogen-bond donors (Lipinski definition) is 0. The number of hydrogen-bond acceptors (Lipinski definition) is 4. The minimum Gasteiger partial charge on any atom is -0.335 e. The van der Waals surface area contributed by atoms with E-state index < -0.39 is 0 Å². The van der Waals surface area contributed by atoms with Crippen molar-refractivity contribution in [3.63, 3.8) is 0 Å². The van der Waals surface area contributed by atoms with Gasteiger partial charge in [0.2, 0.25) is 5.91 Å². The van der Waals surface area contributed by atoms with Crippen molar-refractivity contribution in [2.45, 2.75) is 25.3 Å². The number of thiazole rings is 1. The van der Waals surface area contributed by atoms with E-state index in [4.69, 9.17) is 0 Å². The highest BCUT2D eigenvalue weighted by Gasteiger charge is 2.30. The van der Waals surface area contributed by atoms with E-state index in [0.717, 1.165) is 41.2 Å². The van der Waals surface area contributed by atoms with E-state index in [1.54, 1.807) is 24.5 Å². The summed E-state index contributed by atoms with van der Waals surface area (Å²) in [5.41, 5.74) is 2.73. The molecule has 4 rings (SSSR count). The Labute approximate surface area is 155 Å². The number of carbonyl (C=O) groups is 1. The summed E-state index contributed by atoms with van der Waals surface area (Å²) < 4.78 is 13.2. The first-order valence-corrected chi connectivity index (χ1v) is 9.48. The van der Waals surface area contributed by atoms with Gasteiger partial charge in [0.1, 0.15) is 10.8 Å². The first-order chi connectivity index (χ1) is 12.7. The Morgan fingerprint density at radius 1 is 1.27 bits per heavy atom. The molecule has 1 aromatic carbocycles. The molecular formula is C20H18FN3OS. The molecule has 1 unspecified atom stereocenters. The van der Waals surface area contributed by atoms with Crippen molar-refractivity contribution in [2.24, 2.45) is 0 Å². The lowest BCUT2D eigenvalue weighted by Gasteiger charge is -2.25. The van der Waals surface area contributed by atoms with Gasteiger partial charge in [0.05, 0.1) is 18.2 Å². The van der Waals surface area contributed by atoms with Crippen LogP contribution in [0.25, 0.3) is 10.6 Å². The van der Waals surface area contributed by atoms with Crippen molar-refractivity contribution in [2.75, 3.05) is 6.54 Å². The van der Waals surface area contributed by atoms with Crippen LogP contribution in [0.1, 0.15) is 30.1 Å². The lowest BCUT2D eigenvalue weighted by molar-refractivity contribution is -0.131. The van der Waals surface area contributed by atoms with Gasteiger partial charge in [-0.2, -0.15) is 0 Å². The molecule has 1 aliphatic heterocycles. The Bertz CT molecular complexity index is 895. The summed E-state index contributed by atoms with van der Waals surface area (Å²) in [6, 6.07) is 10.3. The highest BCUT2D eigenvalue weighted by molar-refractivity contribution is 7.13. The number of pyridine rings is 1. The largest absolute Gasteiger partial charge is 0.335 e. The van der Waals surface area contributed by atoms with E-state index in [1.165, 1.54) is 23.5 Å². The molecule has 2 aromatic heterocycles. The van der Waals surface area contributed by atoms with Crippen LogP contribution in [-0.4, -0.2) is 27.3 Å². The number of aromatic nitrogens is 2. The highest BCUT2D eigenvalue weighted by Crippen LogP contribution is 2.32. The van der Waals surface area contributed by atoms with Gasteiger partial charge in [-0.3, -0.25) is 9.78 Å². The lowest BCUT2D eigenvalue weighted by Crippen LogP contribution is -2.31. The molecule has 4 nitrogen and oxygen atoms in total. The molecule has 1 aliphatic rings. The van der Waals surface area contributed by atoms with Gasteiger partial charge in [0, 0.05) is 29.9 Å². The van der Waals surface area contributed by atoms with Crippen LogP contribution in [-0.2, 0) is 11.2 Å². The fourth-order valence-electron chi connectivity index (χ4n) is 3.36. The summed E-state index contributed by atoms with van der Waals surface area (Å²) in [6.45, 7) is 0.737. The van der Waals surface area contributed by atoms with Crippen LogP contribution in [0.15, 0.2) is 54.2 Å². The molecule has 0 N–H and O–H groups in total. The Balaban J connectivity index is 1.47. The van der Waals surface area contributed by atoms with Crippen molar-refractivity contribution in [3.05, 3.63) is 71.2 Å². The molecule has 3 heterocycles. The maximum absolute atomic E-state index is 13.2. The van der Waals surface area contributed by atoms with Gasteiger partial charge < -0.3 is 4.90 Å². The number of halogens is 1. The second-order valence-corrected chi connectivity index (χ2v) is 7.22. The molecule has 1 amide bonds. The van der Waals surface area contributed by atoms with Crippen molar-refractivity contribution < 1.29 is 9.18 Å². The summed E-state index contributed by atoms with van der Waals surface area (Å²) in [5, 5.41) is 2.81. The topological polar surface area (TPSA) is 46.1 Å². The summed E-state index contributed by atoms with van der Waals surface area (Å²) >= 11 is 1.52. The smallest absolute Gasteiger partial charge is 0.229 e. The molecule has 26 heavy (non-hydrogen) atoms. The maximum atomic E-state index is 13.2. The summed E-state index contributed by atoms with van der Waals surface area (Å²) in [4.78, 5) is 23.4. The molecular weight excluding hydrogens is 349 g/mol. The molecule has 1 saturated heterocycles. The van der Waals surface area contributed by atoms with Gasteiger partial charge >= 0.3 is 0 Å². The van der Waals surface area contributed by atoms with Gasteiger partial charge in [-0.1, -0.05) is 12.1 Å². The lowest BCUT2D eigenvalue weighted by atomic mass is 10.0. The normalized spacial score (nSPS) is 16.8. The highest BCUT2D eigenvalue weighted by atomic mass is 32.1. The number of carbonyl (C=O) groups excluding carboxylic acids is 1. The first-order valence-electron chi connectivity index (χ1n) is 8.60. The molecule has 0 saturated carbocycles. The molecule has 0 spiro atoms. The quantitative estimate of drug-likeness (QED) is 0.692. The molecule has 0 radical (unpaired) electrons. The fourth-order valence-corrected chi connectivity index (χ4v) is 4.17. The minimum absolute atomic E-state index is 0.0273. The molecule has 132 valence electrons. The van der Waals surface area contributed by atoms with Gasteiger partial charge in [-0.15, -0.1) is 11.3 Å². The average molecular weight is 367 g/mol. The van der Waals surface area contributed by atoms with Gasteiger partial charge in [-0.05, 0) is 42.7 Å². The Morgan fingerprint density at radius 2 is 2.12 bits per heavy atom. The zero-order valence-electron chi connectivity index (χ0n) is 14.1. The SMILES string of the molecule is O=C(Cc1csc(-c2cccnc2)n1)N1CCCC1c1ccc(F)cc1. The molecule has 1 atom stereocenters. The number of benzene rings is 1. The monoisotopic (exact) mass is 367 g/mol. The van der Waals surface area contributed by atoms with Crippen LogP contribution < -0.4 is 0 Å². The summed E-state index contributed by atoms with van der Waals surface area (Å²) in [7, 11) is 0. The summed E-state index contributed by atoms with van der Waals surface area (Å²) in [5.74, 6) is -0.185. The third-order valence-corrected chi connectivity index (χ3v) is 5.56. The van der Waals surface area contributed by atoms with Gasteiger partial charge in [0.15, 0.2) is 0 Å². The second-order valence-electron chi connectivity index (χ2n) is 6.36. The zero-order valence-corrected chi connectivity index (χ0v) is 15.0. The predicted octanol–water partition coefficient (Wildman–Crippen LogP) is 4.25. The van der Waals surface area contributed by atoms with Crippen LogP contribution in [0.3, 0.4) is 0 Å².